The van der Waals surface area contributed by atoms with Gasteiger partial charge in [0.05, 0.1) is 25.4 Å². The minimum Gasteiger partial charge on any atom is -0.390 e. The molecule has 1 amide bonds. The SMILES string of the molecule is CC1(C)c2ccccc2CCN1C[C@@H](O)CNC(=O)c1cc(NC2COC2)ncn1. The number of hydrogen-bond donors (Lipinski definition) is 3. The van der Waals surface area contributed by atoms with Gasteiger partial charge in [-0.2, -0.15) is 0 Å². The van der Waals surface area contributed by atoms with E-state index in [9.17, 15) is 9.90 Å². The summed E-state index contributed by atoms with van der Waals surface area (Å²) in [5.74, 6) is 0.269. The number of hydrogen-bond acceptors (Lipinski definition) is 7. The van der Waals surface area contributed by atoms with Gasteiger partial charge in [-0.05, 0) is 31.4 Å². The van der Waals surface area contributed by atoms with Crippen LogP contribution in [0.15, 0.2) is 36.7 Å². The molecule has 30 heavy (non-hydrogen) atoms. The third kappa shape index (κ3) is 4.45. The third-order valence-corrected chi connectivity index (χ3v) is 5.94. The van der Waals surface area contributed by atoms with E-state index in [1.54, 1.807) is 6.07 Å². The monoisotopic (exact) mass is 411 g/mol. The predicted molar refractivity (Wildman–Crippen MR) is 113 cm³/mol. The highest BCUT2D eigenvalue weighted by atomic mass is 16.5. The molecule has 0 bridgehead atoms. The van der Waals surface area contributed by atoms with Crippen LogP contribution in [0.25, 0.3) is 0 Å². The van der Waals surface area contributed by atoms with Gasteiger partial charge in [0.15, 0.2) is 0 Å². The maximum absolute atomic E-state index is 12.5. The molecule has 3 heterocycles. The molecule has 0 unspecified atom stereocenters. The van der Waals surface area contributed by atoms with Crippen molar-refractivity contribution < 1.29 is 14.6 Å². The van der Waals surface area contributed by atoms with Crippen molar-refractivity contribution >= 4 is 11.7 Å². The van der Waals surface area contributed by atoms with Crippen LogP contribution in [0, 0.1) is 0 Å². The predicted octanol–water partition coefficient (Wildman–Crippen LogP) is 1.17. The van der Waals surface area contributed by atoms with Gasteiger partial charge in [0, 0.05) is 31.2 Å². The molecule has 2 aromatic rings. The Labute approximate surface area is 176 Å². The van der Waals surface area contributed by atoms with Crippen molar-refractivity contribution in [3.05, 3.63) is 53.5 Å². The fourth-order valence-corrected chi connectivity index (χ4v) is 4.07. The van der Waals surface area contributed by atoms with Gasteiger partial charge < -0.3 is 20.5 Å². The number of β-amino-alcohol motifs (C(OH)–C–C–N with tert-alkyl or cyclic N) is 1. The van der Waals surface area contributed by atoms with E-state index in [1.807, 2.05) is 0 Å². The van der Waals surface area contributed by atoms with Crippen LogP contribution in [-0.2, 0) is 16.7 Å². The molecule has 2 aliphatic rings. The Kier molecular flexibility index (Phi) is 5.99. The first kappa shape index (κ1) is 20.7. The number of nitrogens with zero attached hydrogens (tertiary/aromatic N) is 3. The van der Waals surface area contributed by atoms with Crippen molar-refractivity contribution in [2.75, 3.05) is 38.2 Å². The third-order valence-electron chi connectivity index (χ3n) is 5.94. The number of aromatic nitrogens is 2. The van der Waals surface area contributed by atoms with Crippen molar-refractivity contribution in [3.8, 4) is 0 Å². The quantitative estimate of drug-likeness (QED) is 0.629. The number of aliphatic hydroxyl groups is 1. The highest BCUT2D eigenvalue weighted by Crippen LogP contribution is 2.34. The molecule has 1 atom stereocenters. The van der Waals surface area contributed by atoms with E-state index in [2.05, 4.69) is 63.6 Å². The molecule has 4 rings (SSSR count). The minimum atomic E-state index is -0.676. The van der Waals surface area contributed by atoms with Crippen LogP contribution in [0.4, 0.5) is 5.82 Å². The van der Waals surface area contributed by atoms with Crippen LogP contribution in [0.1, 0.15) is 35.5 Å². The van der Waals surface area contributed by atoms with Crippen molar-refractivity contribution in [2.24, 2.45) is 0 Å². The van der Waals surface area contributed by atoms with E-state index in [1.165, 1.54) is 17.5 Å². The van der Waals surface area contributed by atoms with E-state index < -0.39 is 6.10 Å². The molecular formula is C22H29N5O3. The highest BCUT2D eigenvalue weighted by molar-refractivity contribution is 5.92. The maximum Gasteiger partial charge on any atom is 0.270 e. The van der Waals surface area contributed by atoms with Gasteiger partial charge in [0.1, 0.15) is 17.8 Å². The Morgan fingerprint density at radius 1 is 1.33 bits per heavy atom. The molecule has 1 aromatic carbocycles. The number of ether oxygens (including phenoxy) is 1. The molecular weight excluding hydrogens is 382 g/mol. The molecule has 0 radical (unpaired) electrons. The summed E-state index contributed by atoms with van der Waals surface area (Å²) in [4.78, 5) is 22.9. The van der Waals surface area contributed by atoms with Crippen LogP contribution in [0.5, 0.6) is 0 Å². The molecule has 0 aliphatic carbocycles. The molecule has 8 nitrogen and oxygen atoms in total. The number of nitrogens with one attached hydrogen (secondary N) is 2. The second kappa shape index (κ2) is 8.67. The number of rotatable bonds is 7. The van der Waals surface area contributed by atoms with E-state index in [-0.39, 0.29) is 29.7 Å². The first-order valence-corrected chi connectivity index (χ1v) is 10.4. The Bertz CT molecular complexity index is 900. The first-order valence-electron chi connectivity index (χ1n) is 10.4. The summed E-state index contributed by atoms with van der Waals surface area (Å²) in [5.41, 5.74) is 2.76. The zero-order chi connectivity index (χ0) is 21.1. The van der Waals surface area contributed by atoms with Gasteiger partial charge in [-0.1, -0.05) is 24.3 Å². The first-order chi connectivity index (χ1) is 14.4. The number of carbonyl (C=O) groups excluding carboxylic acids is 1. The summed E-state index contributed by atoms with van der Waals surface area (Å²) in [6.07, 6.45) is 1.65. The second-order valence-corrected chi connectivity index (χ2v) is 8.44. The summed E-state index contributed by atoms with van der Waals surface area (Å²) in [7, 11) is 0. The molecule has 1 saturated heterocycles. The summed E-state index contributed by atoms with van der Waals surface area (Å²) >= 11 is 0. The van der Waals surface area contributed by atoms with Gasteiger partial charge in [0.25, 0.3) is 5.91 Å². The lowest BCUT2D eigenvalue weighted by Crippen LogP contribution is -2.51. The topological polar surface area (TPSA) is 99.6 Å². The summed E-state index contributed by atoms with van der Waals surface area (Å²) in [5, 5.41) is 16.6. The van der Waals surface area contributed by atoms with Gasteiger partial charge in [-0.25, -0.2) is 9.97 Å². The second-order valence-electron chi connectivity index (χ2n) is 8.44. The van der Waals surface area contributed by atoms with Gasteiger partial charge in [-0.3, -0.25) is 9.69 Å². The standard InChI is InChI=1S/C22H29N5O3/c1-22(2)18-6-4-3-5-15(18)7-8-27(22)11-17(28)10-23-21(29)19-9-20(25-14-24-19)26-16-12-30-13-16/h3-6,9,14,16-17,28H,7-8,10-13H2,1-2H3,(H,23,29)(H,24,25,26)/t17-/m0/s1. The lowest BCUT2D eigenvalue weighted by Gasteiger charge is -2.44. The summed E-state index contributed by atoms with van der Waals surface area (Å²) in [6.45, 7) is 7.15. The molecule has 0 spiro atoms. The molecule has 1 aromatic heterocycles. The number of aliphatic hydroxyl groups excluding tert-OH is 1. The number of amides is 1. The van der Waals surface area contributed by atoms with Crippen molar-refractivity contribution in [2.45, 2.75) is 38.0 Å². The van der Waals surface area contributed by atoms with E-state index >= 15 is 0 Å². The molecule has 8 heteroatoms. The number of carbonyl (C=O) groups is 1. The largest absolute Gasteiger partial charge is 0.390 e. The van der Waals surface area contributed by atoms with E-state index in [4.69, 9.17) is 4.74 Å². The lowest BCUT2D eigenvalue weighted by molar-refractivity contribution is 0.0209. The van der Waals surface area contributed by atoms with Gasteiger partial charge in [0.2, 0.25) is 0 Å². The van der Waals surface area contributed by atoms with Crippen LogP contribution in [0.2, 0.25) is 0 Å². The van der Waals surface area contributed by atoms with Crippen LogP contribution in [0.3, 0.4) is 0 Å². The van der Waals surface area contributed by atoms with Gasteiger partial charge in [-0.15, -0.1) is 0 Å². The van der Waals surface area contributed by atoms with E-state index in [0.717, 1.165) is 13.0 Å². The molecule has 160 valence electrons. The fourth-order valence-electron chi connectivity index (χ4n) is 4.07. The number of benzene rings is 1. The Morgan fingerprint density at radius 3 is 2.90 bits per heavy atom. The average molecular weight is 412 g/mol. The highest BCUT2D eigenvalue weighted by Gasteiger charge is 2.35. The summed E-state index contributed by atoms with van der Waals surface area (Å²) in [6, 6.07) is 10.3. The lowest BCUT2D eigenvalue weighted by atomic mass is 9.83. The van der Waals surface area contributed by atoms with Gasteiger partial charge >= 0.3 is 0 Å². The van der Waals surface area contributed by atoms with Crippen molar-refractivity contribution in [3.63, 3.8) is 0 Å². The van der Waals surface area contributed by atoms with Crippen LogP contribution < -0.4 is 10.6 Å². The zero-order valence-electron chi connectivity index (χ0n) is 17.5. The number of fused-ring (bicyclic) bond motifs is 1. The Hall–Kier alpha value is -2.55. The van der Waals surface area contributed by atoms with E-state index in [0.29, 0.717) is 25.6 Å². The van der Waals surface area contributed by atoms with Crippen LogP contribution in [-0.4, -0.2) is 70.9 Å². The normalized spacial score (nSPS) is 19.4. The molecule has 3 N–H and O–H groups in total. The molecule has 1 fully saturated rings. The molecule has 2 aliphatic heterocycles. The minimum absolute atomic E-state index is 0.163. The zero-order valence-corrected chi connectivity index (χ0v) is 17.5. The van der Waals surface area contributed by atoms with Crippen molar-refractivity contribution in [1.82, 2.24) is 20.2 Å². The molecule has 0 saturated carbocycles. The average Bonchev–Trinajstić information content (AvgIpc) is 2.71. The summed E-state index contributed by atoms with van der Waals surface area (Å²) < 4.78 is 5.13. The Balaban J connectivity index is 1.31. The maximum atomic E-state index is 12.5. The van der Waals surface area contributed by atoms with Crippen LogP contribution >= 0.6 is 0 Å². The smallest absolute Gasteiger partial charge is 0.270 e. The number of anilines is 1. The Morgan fingerprint density at radius 2 is 2.13 bits per heavy atom. The van der Waals surface area contributed by atoms with Crippen molar-refractivity contribution in [1.29, 1.82) is 0 Å². The fraction of sp³-hybridized carbons (Fsp3) is 0.500.